The van der Waals surface area contributed by atoms with Gasteiger partial charge in [-0.3, -0.25) is 0 Å². The van der Waals surface area contributed by atoms with Crippen molar-refractivity contribution >= 4 is 15.9 Å². The maximum Gasteiger partial charge on any atom is 0.119 e. The van der Waals surface area contributed by atoms with E-state index in [0.29, 0.717) is 12.1 Å². The van der Waals surface area contributed by atoms with Crippen molar-refractivity contribution in [1.29, 1.82) is 0 Å². The first kappa shape index (κ1) is 14.6. The molecule has 1 aliphatic carbocycles. The fraction of sp³-hybridized carbons (Fsp3) is 0.333. The summed E-state index contributed by atoms with van der Waals surface area (Å²) in [6.45, 7) is 2.22. The van der Waals surface area contributed by atoms with Crippen LogP contribution in [0.2, 0.25) is 0 Å². The average molecular weight is 346 g/mol. The Morgan fingerprint density at radius 3 is 2.81 bits per heavy atom. The van der Waals surface area contributed by atoms with Crippen molar-refractivity contribution in [2.24, 2.45) is 0 Å². The minimum Gasteiger partial charge on any atom is -0.497 e. The Hall–Kier alpha value is -1.32. The molecule has 1 aliphatic rings. The van der Waals surface area contributed by atoms with Gasteiger partial charge in [0.1, 0.15) is 5.75 Å². The number of nitrogens with one attached hydrogen (secondary N) is 1. The molecule has 2 aromatic rings. The minimum atomic E-state index is 0.308. The van der Waals surface area contributed by atoms with E-state index in [1.807, 2.05) is 0 Å². The van der Waals surface area contributed by atoms with Crippen LogP contribution in [0, 0.1) is 0 Å². The molecular weight excluding hydrogens is 326 g/mol. The predicted molar refractivity (Wildman–Crippen MR) is 89.7 cm³/mol. The molecule has 0 amide bonds. The molecule has 1 N–H and O–H groups in total. The van der Waals surface area contributed by atoms with E-state index in [-0.39, 0.29) is 0 Å². The van der Waals surface area contributed by atoms with Crippen LogP contribution in [0.25, 0.3) is 0 Å². The summed E-state index contributed by atoms with van der Waals surface area (Å²) in [5, 5.41) is 3.76. The van der Waals surface area contributed by atoms with Gasteiger partial charge in [0.15, 0.2) is 0 Å². The summed E-state index contributed by atoms with van der Waals surface area (Å²) in [7, 11) is 1.73. The molecule has 1 unspecified atom stereocenters. The van der Waals surface area contributed by atoms with Crippen molar-refractivity contribution in [3.05, 3.63) is 63.6 Å². The summed E-state index contributed by atoms with van der Waals surface area (Å²) in [5.41, 5.74) is 4.12. The summed E-state index contributed by atoms with van der Waals surface area (Å²) in [6, 6.07) is 15.5. The maximum absolute atomic E-state index is 5.36. The maximum atomic E-state index is 5.36. The van der Waals surface area contributed by atoms with E-state index in [1.54, 1.807) is 7.11 Å². The summed E-state index contributed by atoms with van der Waals surface area (Å²) in [6.07, 6.45) is 2.29. The zero-order valence-corrected chi connectivity index (χ0v) is 14.0. The molecule has 0 fully saturated rings. The molecule has 0 bridgehead atoms. The Bertz CT molecular complexity index is 641. The number of aryl methyl sites for hydroxylation is 1. The van der Waals surface area contributed by atoms with Crippen LogP contribution in [-0.2, 0) is 6.42 Å². The Labute approximate surface area is 134 Å². The van der Waals surface area contributed by atoms with Crippen LogP contribution in [0.15, 0.2) is 46.9 Å². The number of fused-ring (bicyclic) bond motifs is 1. The summed E-state index contributed by atoms with van der Waals surface area (Å²) in [4.78, 5) is 0. The van der Waals surface area contributed by atoms with E-state index < -0.39 is 0 Å². The minimum absolute atomic E-state index is 0.308. The lowest BCUT2D eigenvalue weighted by Crippen LogP contribution is -2.23. The third-order valence-electron chi connectivity index (χ3n) is 4.25. The highest BCUT2D eigenvalue weighted by atomic mass is 79.9. The molecule has 0 aliphatic heterocycles. The Morgan fingerprint density at radius 1 is 1.24 bits per heavy atom. The van der Waals surface area contributed by atoms with Crippen LogP contribution >= 0.6 is 15.9 Å². The zero-order valence-electron chi connectivity index (χ0n) is 12.4. The standard InChI is InChI=1S/C18H20BrNO/c1-12(15-5-3-4-6-17(15)19)20-18-10-8-13-7-9-14(21-2)11-16(13)18/h3-7,9,11-12,18,20H,8,10H2,1-2H3/t12-,18?/m1/s1. The van der Waals surface area contributed by atoms with Gasteiger partial charge in [0, 0.05) is 16.6 Å². The monoisotopic (exact) mass is 345 g/mol. The van der Waals surface area contributed by atoms with Crippen LogP contribution in [-0.4, -0.2) is 7.11 Å². The second-order valence-electron chi connectivity index (χ2n) is 5.57. The SMILES string of the molecule is COc1ccc2c(c1)C(N[C@H](C)c1ccccc1Br)CC2. The van der Waals surface area contributed by atoms with Crippen molar-refractivity contribution in [2.45, 2.75) is 31.8 Å². The normalized spacial score (nSPS) is 18.3. The lowest BCUT2D eigenvalue weighted by atomic mass is 10.0. The number of halogens is 1. The van der Waals surface area contributed by atoms with Crippen molar-refractivity contribution in [3.8, 4) is 5.75 Å². The fourth-order valence-corrected chi connectivity index (χ4v) is 3.73. The van der Waals surface area contributed by atoms with Crippen molar-refractivity contribution in [1.82, 2.24) is 5.32 Å². The van der Waals surface area contributed by atoms with E-state index >= 15 is 0 Å². The van der Waals surface area contributed by atoms with Crippen molar-refractivity contribution in [2.75, 3.05) is 7.11 Å². The second-order valence-corrected chi connectivity index (χ2v) is 6.42. The molecule has 0 spiro atoms. The second kappa shape index (κ2) is 6.20. The predicted octanol–water partition coefficient (Wildman–Crippen LogP) is 4.80. The molecule has 0 heterocycles. The lowest BCUT2D eigenvalue weighted by Gasteiger charge is -2.22. The molecule has 2 aromatic carbocycles. The van der Waals surface area contributed by atoms with Crippen LogP contribution in [0.3, 0.4) is 0 Å². The van der Waals surface area contributed by atoms with Crippen LogP contribution < -0.4 is 10.1 Å². The molecule has 3 rings (SSSR count). The summed E-state index contributed by atoms with van der Waals surface area (Å²) >= 11 is 3.64. The highest BCUT2D eigenvalue weighted by molar-refractivity contribution is 9.10. The number of rotatable bonds is 4. The van der Waals surface area contributed by atoms with Crippen LogP contribution in [0.1, 0.15) is 42.1 Å². The first-order valence-electron chi connectivity index (χ1n) is 7.36. The highest BCUT2D eigenvalue weighted by Crippen LogP contribution is 2.36. The number of benzene rings is 2. The third-order valence-corrected chi connectivity index (χ3v) is 4.98. The van der Waals surface area contributed by atoms with Gasteiger partial charge in [-0.15, -0.1) is 0 Å². The topological polar surface area (TPSA) is 21.3 Å². The van der Waals surface area contributed by atoms with E-state index in [0.717, 1.165) is 23.1 Å². The van der Waals surface area contributed by atoms with Gasteiger partial charge < -0.3 is 10.1 Å². The number of hydrogen-bond donors (Lipinski definition) is 1. The summed E-state index contributed by atoms with van der Waals surface area (Å²) < 4.78 is 6.52. The number of ether oxygens (including phenoxy) is 1. The number of methoxy groups -OCH3 is 1. The Morgan fingerprint density at radius 2 is 2.05 bits per heavy atom. The molecule has 110 valence electrons. The van der Waals surface area contributed by atoms with E-state index in [4.69, 9.17) is 4.74 Å². The quantitative estimate of drug-likeness (QED) is 0.859. The molecule has 0 saturated heterocycles. The number of hydrogen-bond acceptors (Lipinski definition) is 2. The summed E-state index contributed by atoms with van der Waals surface area (Å²) in [5.74, 6) is 0.941. The van der Waals surface area contributed by atoms with E-state index in [1.165, 1.54) is 16.7 Å². The molecule has 0 radical (unpaired) electrons. The van der Waals surface area contributed by atoms with Gasteiger partial charge in [0.2, 0.25) is 0 Å². The highest BCUT2D eigenvalue weighted by Gasteiger charge is 2.24. The zero-order chi connectivity index (χ0) is 14.8. The first-order chi connectivity index (χ1) is 10.2. The van der Waals surface area contributed by atoms with Gasteiger partial charge in [0.05, 0.1) is 7.11 Å². The van der Waals surface area contributed by atoms with Crippen LogP contribution in [0.4, 0.5) is 0 Å². The Kier molecular flexibility index (Phi) is 4.32. The van der Waals surface area contributed by atoms with E-state index in [9.17, 15) is 0 Å². The van der Waals surface area contributed by atoms with E-state index in [2.05, 4.69) is 70.6 Å². The molecule has 2 atom stereocenters. The molecule has 21 heavy (non-hydrogen) atoms. The van der Waals surface area contributed by atoms with Crippen molar-refractivity contribution < 1.29 is 4.74 Å². The smallest absolute Gasteiger partial charge is 0.119 e. The largest absolute Gasteiger partial charge is 0.497 e. The Balaban J connectivity index is 1.80. The molecule has 0 aromatic heterocycles. The van der Waals surface area contributed by atoms with Gasteiger partial charge in [-0.1, -0.05) is 40.2 Å². The third kappa shape index (κ3) is 2.99. The fourth-order valence-electron chi connectivity index (χ4n) is 3.10. The molecular formula is C18H20BrNO. The van der Waals surface area contributed by atoms with Gasteiger partial charge in [0.25, 0.3) is 0 Å². The lowest BCUT2D eigenvalue weighted by molar-refractivity contribution is 0.412. The van der Waals surface area contributed by atoms with Crippen molar-refractivity contribution in [3.63, 3.8) is 0 Å². The van der Waals surface area contributed by atoms with Crippen LogP contribution in [0.5, 0.6) is 5.75 Å². The van der Waals surface area contributed by atoms with Gasteiger partial charge in [-0.05, 0) is 54.7 Å². The van der Waals surface area contributed by atoms with Gasteiger partial charge in [-0.2, -0.15) is 0 Å². The molecule has 3 heteroatoms. The molecule has 2 nitrogen and oxygen atoms in total. The van der Waals surface area contributed by atoms with Gasteiger partial charge >= 0.3 is 0 Å². The van der Waals surface area contributed by atoms with Gasteiger partial charge in [-0.25, -0.2) is 0 Å². The molecule has 0 saturated carbocycles. The first-order valence-corrected chi connectivity index (χ1v) is 8.15. The average Bonchev–Trinajstić information content (AvgIpc) is 2.90.